The molecule has 0 aliphatic carbocycles. The molecule has 1 heterocycles. The summed E-state index contributed by atoms with van der Waals surface area (Å²) in [4.78, 5) is 4.21. The minimum atomic E-state index is 0.365. The van der Waals surface area contributed by atoms with E-state index in [9.17, 15) is 5.11 Å². The third-order valence-corrected chi connectivity index (χ3v) is 2.89. The number of hydrogen-bond donors (Lipinski definition) is 2. The quantitative estimate of drug-likeness (QED) is 0.789. The van der Waals surface area contributed by atoms with E-state index in [0.29, 0.717) is 24.9 Å². The summed E-state index contributed by atoms with van der Waals surface area (Å²) in [5.41, 5.74) is 2.98. The molecule has 0 amide bonds. The molecule has 1 aromatic rings. The van der Waals surface area contributed by atoms with Crippen molar-refractivity contribution in [2.24, 2.45) is 4.99 Å². The second-order valence-electron chi connectivity index (χ2n) is 4.01. The number of amidine groups is 1. The Balaban J connectivity index is 2.29. The fourth-order valence-corrected chi connectivity index (χ4v) is 1.89. The molecular formula is C13H18N2O2. The van der Waals surface area contributed by atoms with E-state index in [0.717, 1.165) is 29.7 Å². The van der Waals surface area contributed by atoms with E-state index in [-0.39, 0.29) is 0 Å². The minimum absolute atomic E-state index is 0.365. The highest BCUT2D eigenvalue weighted by Gasteiger charge is 2.12. The first kappa shape index (κ1) is 11.8. The van der Waals surface area contributed by atoms with Gasteiger partial charge < -0.3 is 15.2 Å². The van der Waals surface area contributed by atoms with Gasteiger partial charge in [0.1, 0.15) is 12.4 Å². The second kappa shape index (κ2) is 5.08. The highest BCUT2D eigenvalue weighted by molar-refractivity contribution is 5.91. The maximum Gasteiger partial charge on any atom is 0.289 e. The lowest BCUT2D eigenvalue weighted by Gasteiger charge is -2.13. The monoisotopic (exact) mass is 234 g/mol. The summed E-state index contributed by atoms with van der Waals surface area (Å²) < 4.78 is 5.34. The van der Waals surface area contributed by atoms with Crippen LogP contribution in [0.25, 0.3) is 0 Å². The zero-order chi connectivity index (χ0) is 12.3. The van der Waals surface area contributed by atoms with E-state index in [1.54, 1.807) is 0 Å². The van der Waals surface area contributed by atoms with Crippen molar-refractivity contribution in [1.82, 2.24) is 0 Å². The van der Waals surface area contributed by atoms with Gasteiger partial charge >= 0.3 is 0 Å². The van der Waals surface area contributed by atoms with Crippen LogP contribution in [0.15, 0.2) is 17.1 Å². The Morgan fingerprint density at radius 1 is 1.29 bits per heavy atom. The van der Waals surface area contributed by atoms with Gasteiger partial charge in [-0.3, -0.25) is 0 Å². The van der Waals surface area contributed by atoms with Crippen LogP contribution in [0.3, 0.4) is 0 Å². The maximum absolute atomic E-state index is 9.82. The van der Waals surface area contributed by atoms with Crippen molar-refractivity contribution in [2.45, 2.75) is 26.7 Å². The standard InChI is InChI=1S/C13H18N2O2/c1-3-9-8-12(16)10(4-2)7-11(9)15-13-14-5-6-17-13/h7-8,16H,3-6H2,1-2H3,(H,14,15). The van der Waals surface area contributed by atoms with Crippen molar-refractivity contribution in [1.29, 1.82) is 0 Å². The second-order valence-corrected chi connectivity index (χ2v) is 4.01. The van der Waals surface area contributed by atoms with Crippen LogP contribution in [0.5, 0.6) is 5.75 Å². The Labute approximate surface area is 101 Å². The largest absolute Gasteiger partial charge is 0.508 e. The molecular weight excluding hydrogens is 216 g/mol. The first-order valence-electron chi connectivity index (χ1n) is 6.03. The lowest BCUT2D eigenvalue weighted by molar-refractivity contribution is 0.346. The number of benzene rings is 1. The molecule has 0 spiro atoms. The molecule has 0 unspecified atom stereocenters. The lowest BCUT2D eigenvalue weighted by atomic mass is 10.0. The van der Waals surface area contributed by atoms with E-state index in [1.807, 2.05) is 19.1 Å². The molecule has 0 saturated heterocycles. The number of aryl methyl sites for hydroxylation is 2. The van der Waals surface area contributed by atoms with Crippen LogP contribution in [0, 0.1) is 0 Å². The third-order valence-electron chi connectivity index (χ3n) is 2.89. The van der Waals surface area contributed by atoms with E-state index in [2.05, 4.69) is 17.2 Å². The minimum Gasteiger partial charge on any atom is -0.508 e. The van der Waals surface area contributed by atoms with E-state index in [4.69, 9.17) is 4.74 Å². The average molecular weight is 234 g/mol. The number of ether oxygens (including phenoxy) is 1. The number of nitrogens with one attached hydrogen (secondary N) is 1. The summed E-state index contributed by atoms with van der Waals surface area (Å²) in [6.07, 6.45) is 1.66. The molecule has 0 aromatic heterocycles. The molecule has 4 nitrogen and oxygen atoms in total. The lowest BCUT2D eigenvalue weighted by Crippen LogP contribution is -2.13. The van der Waals surface area contributed by atoms with Crippen molar-refractivity contribution in [2.75, 3.05) is 18.5 Å². The molecule has 2 N–H and O–H groups in total. The predicted octanol–water partition coefficient (Wildman–Crippen LogP) is 2.32. The van der Waals surface area contributed by atoms with Gasteiger partial charge in [0.25, 0.3) is 6.02 Å². The molecule has 92 valence electrons. The number of rotatable bonds is 3. The van der Waals surface area contributed by atoms with Gasteiger partial charge in [-0.15, -0.1) is 0 Å². The summed E-state index contributed by atoms with van der Waals surface area (Å²) in [6.45, 7) is 5.43. The fraction of sp³-hybridized carbons (Fsp3) is 0.462. The summed E-state index contributed by atoms with van der Waals surface area (Å²) >= 11 is 0. The third kappa shape index (κ3) is 2.52. The van der Waals surface area contributed by atoms with Gasteiger partial charge in [-0.25, -0.2) is 4.99 Å². The van der Waals surface area contributed by atoms with Gasteiger partial charge in [0.15, 0.2) is 0 Å². The Kier molecular flexibility index (Phi) is 3.52. The molecule has 0 atom stereocenters. The van der Waals surface area contributed by atoms with Crippen LogP contribution in [-0.4, -0.2) is 24.3 Å². The van der Waals surface area contributed by atoms with Gasteiger partial charge in [-0.2, -0.15) is 0 Å². The van der Waals surface area contributed by atoms with Crippen molar-refractivity contribution in [3.63, 3.8) is 0 Å². The molecule has 0 radical (unpaired) electrons. The van der Waals surface area contributed by atoms with Crippen LogP contribution in [0.1, 0.15) is 25.0 Å². The first-order chi connectivity index (χ1) is 8.24. The number of hydrogen-bond acceptors (Lipinski definition) is 4. The van der Waals surface area contributed by atoms with E-state index >= 15 is 0 Å². The van der Waals surface area contributed by atoms with Crippen molar-refractivity contribution in [3.8, 4) is 5.75 Å². The van der Waals surface area contributed by atoms with Gasteiger partial charge in [-0.05, 0) is 36.1 Å². The molecule has 2 rings (SSSR count). The summed E-state index contributed by atoms with van der Waals surface area (Å²) in [7, 11) is 0. The normalized spacial score (nSPS) is 14.4. The molecule has 0 fully saturated rings. The van der Waals surface area contributed by atoms with Crippen LogP contribution in [0.2, 0.25) is 0 Å². The summed E-state index contributed by atoms with van der Waals surface area (Å²) in [5.74, 6) is 0.365. The van der Waals surface area contributed by atoms with E-state index in [1.165, 1.54) is 0 Å². The number of anilines is 1. The van der Waals surface area contributed by atoms with Crippen molar-refractivity contribution < 1.29 is 9.84 Å². The zero-order valence-electron chi connectivity index (χ0n) is 10.3. The Hall–Kier alpha value is -1.71. The van der Waals surface area contributed by atoms with Gasteiger partial charge in [0.2, 0.25) is 0 Å². The van der Waals surface area contributed by atoms with Crippen LogP contribution in [-0.2, 0) is 17.6 Å². The van der Waals surface area contributed by atoms with Crippen LogP contribution < -0.4 is 5.32 Å². The van der Waals surface area contributed by atoms with Crippen LogP contribution >= 0.6 is 0 Å². The number of aromatic hydroxyl groups is 1. The average Bonchev–Trinajstić information content (AvgIpc) is 2.83. The molecule has 1 aliphatic rings. The smallest absolute Gasteiger partial charge is 0.289 e. The summed E-state index contributed by atoms with van der Waals surface area (Å²) in [6, 6.07) is 4.36. The SMILES string of the molecule is CCc1cc(NC2=NCCO2)c(CC)cc1O. The highest BCUT2D eigenvalue weighted by atomic mass is 16.5. The maximum atomic E-state index is 9.82. The molecule has 4 heteroatoms. The molecule has 1 aromatic carbocycles. The fourth-order valence-electron chi connectivity index (χ4n) is 1.89. The Bertz CT molecular complexity index is 441. The number of phenols is 1. The molecule has 1 aliphatic heterocycles. The van der Waals surface area contributed by atoms with Crippen molar-refractivity contribution in [3.05, 3.63) is 23.3 Å². The Morgan fingerprint density at radius 3 is 2.65 bits per heavy atom. The van der Waals surface area contributed by atoms with Crippen LogP contribution in [0.4, 0.5) is 5.69 Å². The van der Waals surface area contributed by atoms with E-state index < -0.39 is 0 Å². The number of phenolic OH excluding ortho intramolecular Hbond substituents is 1. The molecule has 0 saturated carbocycles. The Morgan fingerprint density at radius 2 is 2.06 bits per heavy atom. The number of nitrogens with zero attached hydrogens (tertiary/aromatic N) is 1. The molecule has 17 heavy (non-hydrogen) atoms. The van der Waals surface area contributed by atoms with Gasteiger partial charge in [-0.1, -0.05) is 13.8 Å². The zero-order valence-corrected chi connectivity index (χ0v) is 10.3. The predicted molar refractivity (Wildman–Crippen MR) is 68.7 cm³/mol. The topological polar surface area (TPSA) is 53.9 Å². The van der Waals surface area contributed by atoms with Gasteiger partial charge in [0, 0.05) is 5.69 Å². The highest BCUT2D eigenvalue weighted by Crippen LogP contribution is 2.27. The first-order valence-corrected chi connectivity index (χ1v) is 6.03. The number of aliphatic imine (C=N–C) groups is 1. The van der Waals surface area contributed by atoms with Crippen molar-refractivity contribution >= 4 is 11.7 Å². The summed E-state index contributed by atoms with van der Waals surface area (Å²) in [5, 5.41) is 13.0. The van der Waals surface area contributed by atoms with Gasteiger partial charge in [0.05, 0.1) is 6.54 Å². The molecule has 0 bridgehead atoms.